The van der Waals surface area contributed by atoms with Crippen molar-refractivity contribution in [2.75, 3.05) is 0 Å². The van der Waals surface area contributed by atoms with Crippen LogP contribution in [0, 0.1) is 0 Å². The molecule has 0 atom stereocenters. The number of rotatable bonds is 2. The maximum atomic E-state index is 8.62. The van der Waals surface area contributed by atoms with Gasteiger partial charge in [0.25, 0.3) is 5.89 Å². The molecule has 0 aliphatic rings. The molecule has 2 rings (SSSR count). The number of hydrogen-bond donors (Lipinski definition) is 1. The average molecular weight is 166 g/mol. The van der Waals surface area contributed by atoms with Crippen LogP contribution >= 0.6 is 0 Å². The molecule has 0 aliphatic heterocycles. The largest absolute Gasteiger partial charge is 0.461 e. The summed E-state index contributed by atoms with van der Waals surface area (Å²) in [5.41, 5.74) is 0. The van der Waals surface area contributed by atoms with Gasteiger partial charge in [0, 0.05) is 0 Å². The summed E-state index contributed by atoms with van der Waals surface area (Å²) >= 11 is 0. The lowest BCUT2D eigenvalue weighted by atomic mass is 10.4. The summed E-state index contributed by atoms with van der Waals surface area (Å²) in [5.74, 6) is 1.06. The Morgan fingerprint density at radius 1 is 1.50 bits per heavy atom. The third kappa shape index (κ3) is 1.10. The fraction of sp³-hybridized carbons (Fsp3) is 0.143. The number of nitrogens with zero attached hydrogens (tertiary/aromatic N) is 2. The molecule has 62 valence electrons. The van der Waals surface area contributed by atoms with Crippen molar-refractivity contribution < 1.29 is 14.0 Å². The van der Waals surface area contributed by atoms with Gasteiger partial charge in [0.1, 0.15) is 6.61 Å². The minimum atomic E-state index is -0.256. The third-order valence-electron chi connectivity index (χ3n) is 1.34. The number of aliphatic hydroxyl groups excluding tert-OH is 1. The fourth-order valence-corrected chi connectivity index (χ4v) is 0.825. The second kappa shape index (κ2) is 2.78. The molecule has 2 heterocycles. The smallest absolute Gasteiger partial charge is 0.252 e. The molecule has 0 radical (unpaired) electrons. The predicted octanol–water partition coefficient (Wildman–Crippen LogP) is 0.822. The van der Waals surface area contributed by atoms with Crippen molar-refractivity contribution >= 4 is 0 Å². The topological polar surface area (TPSA) is 72.3 Å². The van der Waals surface area contributed by atoms with Crippen LogP contribution < -0.4 is 0 Å². The first kappa shape index (κ1) is 7.05. The maximum Gasteiger partial charge on any atom is 0.252 e. The van der Waals surface area contributed by atoms with Crippen molar-refractivity contribution in [1.82, 2.24) is 10.1 Å². The highest BCUT2D eigenvalue weighted by Crippen LogP contribution is 2.15. The second-order valence-electron chi connectivity index (χ2n) is 2.15. The lowest BCUT2D eigenvalue weighted by Crippen LogP contribution is -1.81. The molecule has 0 spiro atoms. The van der Waals surface area contributed by atoms with Crippen molar-refractivity contribution in [2.24, 2.45) is 0 Å². The Morgan fingerprint density at radius 2 is 2.42 bits per heavy atom. The van der Waals surface area contributed by atoms with Gasteiger partial charge in [0.15, 0.2) is 5.76 Å². The van der Waals surface area contributed by atoms with E-state index in [-0.39, 0.29) is 12.5 Å². The lowest BCUT2D eigenvalue weighted by molar-refractivity contribution is 0.222. The summed E-state index contributed by atoms with van der Waals surface area (Å²) < 4.78 is 9.68. The first-order valence-corrected chi connectivity index (χ1v) is 3.37. The third-order valence-corrected chi connectivity index (χ3v) is 1.34. The Balaban J connectivity index is 2.35. The molecule has 0 aliphatic carbocycles. The number of aliphatic hydroxyl groups is 1. The molecule has 5 nitrogen and oxygen atoms in total. The van der Waals surface area contributed by atoms with Crippen molar-refractivity contribution in [3.8, 4) is 11.6 Å². The zero-order valence-corrected chi connectivity index (χ0v) is 6.10. The second-order valence-corrected chi connectivity index (χ2v) is 2.15. The van der Waals surface area contributed by atoms with Gasteiger partial charge in [0.2, 0.25) is 5.82 Å². The molecule has 0 unspecified atom stereocenters. The Kier molecular flexibility index (Phi) is 1.64. The van der Waals surface area contributed by atoms with E-state index in [1.165, 1.54) is 6.26 Å². The van der Waals surface area contributed by atoms with Gasteiger partial charge in [-0.3, -0.25) is 0 Å². The summed E-state index contributed by atoms with van der Waals surface area (Å²) in [4.78, 5) is 3.85. The first-order chi connectivity index (χ1) is 5.90. The van der Waals surface area contributed by atoms with E-state index in [0.29, 0.717) is 11.6 Å². The Hall–Kier alpha value is -1.62. The first-order valence-electron chi connectivity index (χ1n) is 3.37. The zero-order valence-electron chi connectivity index (χ0n) is 6.10. The molecule has 0 saturated carbocycles. The van der Waals surface area contributed by atoms with Crippen LogP contribution in [0.3, 0.4) is 0 Å². The van der Waals surface area contributed by atoms with Gasteiger partial charge in [-0.05, 0) is 12.1 Å². The van der Waals surface area contributed by atoms with E-state index in [1.54, 1.807) is 12.1 Å². The van der Waals surface area contributed by atoms with Crippen LogP contribution in [0.15, 0.2) is 27.3 Å². The molecular weight excluding hydrogens is 160 g/mol. The van der Waals surface area contributed by atoms with E-state index in [4.69, 9.17) is 9.52 Å². The molecule has 12 heavy (non-hydrogen) atoms. The summed E-state index contributed by atoms with van der Waals surface area (Å²) in [6.07, 6.45) is 1.52. The van der Waals surface area contributed by atoms with Gasteiger partial charge in [-0.15, -0.1) is 0 Å². The van der Waals surface area contributed by atoms with Gasteiger partial charge < -0.3 is 14.0 Å². The van der Waals surface area contributed by atoms with E-state index in [1.807, 2.05) is 0 Å². The van der Waals surface area contributed by atoms with Crippen LogP contribution in [0.2, 0.25) is 0 Å². The lowest BCUT2D eigenvalue weighted by Gasteiger charge is -1.81. The normalized spacial score (nSPS) is 10.4. The van der Waals surface area contributed by atoms with Gasteiger partial charge in [-0.25, -0.2) is 0 Å². The molecule has 1 N–H and O–H groups in total. The molecule has 0 saturated heterocycles. The molecule has 2 aromatic heterocycles. The maximum absolute atomic E-state index is 8.62. The zero-order chi connectivity index (χ0) is 8.39. The minimum absolute atomic E-state index is 0.182. The SMILES string of the molecule is OCc1nc(-c2ccco2)no1. The van der Waals surface area contributed by atoms with E-state index in [2.05, 4.69) is 14.7 Å². The van der Waals surface area contributed by atoms with Crippen molar-refractivity contribution in [3.05, 3.63) is 24.3 Å². The van der Waals surface area contributed by atoms with Gasteiger partial charge >= 0.3 is 0 Å². The molecule has 0 aromatic carbocycles. The number of hydrogen-bond acceptors (Lipinski definition) is 5. The van der Waals surface area contributed by atoms with Crippen LogP contribution in [-0.2, 0) is 6.61 Å². The molecule has 0 bridgehead atoms. The van der Waals surface area contributed by atoms with Crippen molar-refractivity contribution in [3.63, 3.8) is 0 Å². The predicted molar refractivity (Wildman–Crippen MR) is 37.9 cm³/mol. The Morgan fingerprint density at radius 3 is 3.00 bits per heavy atom. The molecule has 5 heteroatoms. The minimum Gasteiger partial charge on any atom is -0.461 e. The molecule has 0 amide bonds. The number of furan rings is 1. The van der Waals surface area contributed by atoms with Crippen molar-refractivity contribution in [1.29, 1.82) is 0 Å². The van der Waals surface area contributed by atoms with Gasteiger partial charge in [-0.1, -0.05) is 5.16 Å². The highest BCUT2D eigenvalue weighted by Gasteiger charge is 2.08. The van der Waals surface area contributed by atoms with E-state index in [9.17, 15) is 0 Å². The quantitative estimate of drug-likeness (QED) is 0.715. The van der Waals surface area contributed by atoms with Crippen LogP contribution in [0.4, 0.5) is 0 Å². The van der Waals surface area contributed by atoms with Crippen LogP contribution in [0.1, 0.15) is 5.89 Å². The van der Waals surface area contributed by atoms with E-state index < -0.39 is 0 Å². The van der Waals surface area contributed by atoms with Gasteiger partial charge in [0.05, 0.1) is 6.26 Å². The fourth-order valence-electron chi connectivity index (χ4n) is 0.825. The van der Waals surface area contributed by atoms with Crippen LogP contribution in [0.5, 0.6) is 0 Å². The van der Waals surface area contributed by atoms with Crippen molar-refractivity contribution in [2.45, 2.75) is 6.61 Å². The van der Waals surface area contributed by atoms with E-state index >= 15 is 0 Å². The van der Waals surface area contributed by atoms with E-state index in [0.717, 1.165) is 0 Å². The van der Waals surface area contributed by atoms with Crippen LogP contribution in [0.25, 0.3) is 11.6 Å². The summed E-state index contributed by atoms with van der Waals surface area (Å²) in [6, 6.07) is 3.44. The highest BCUT2D eigenvalue weighted by atomic mass is 16.5. The van der Waals surface area contributed by atoms with Gasteiger partial charge in [-0.2, -0.15) is 4.98 Å². The molecule has 0 fully saturated rings. The monoisotopic (exact) mass is 166 g/mol. The molecule has 2 aromatic rings. The Bertz CT molecular complexity index is 352. The highest BCUT2D eigenvalue weighted by molar-refractivity contribution is 5.44. The summed E-state index contributed by atoms with van der Waals surface area (Å²) in [7, 11) is 0. The summed E-state index contributed by atoms with van der Waals surface area (Å²) in [5, 5.41) is 12.2. The van der Waals surface area contributed by atoms with Crippen LogP contribution in [-0.4, -0.2) is 15.2 Å². The standard InChI is InChI=1S/C7H6N2O3/c10-4-6-8-7(9-12-6)5-2-1-3-11-5/h1-3,10H,4H2. The summed E-state index contributed by atoms with van der Waals surface area (Å²) in [6.45, 7) is -0.256. The Labute approximate surface area is 67.6 Å². The molecular formula is C7H6N2O3. The average Bonchev–Trinajstić information content (AvgIpc) is 2.75. The number of aromatic nitrogens is 2.